The van der Waals surface area contributed by atoms with Gasteiger partial charge in [-0.2, -0.15) is 9.97 Å². The lowest BCUT2D eigenvalue weighted by Gasteiger charge is -2.16. The topological polar surface area (TPSA) is 84.8 Å². The van der Waals surface area contributed by atoms with Crippen molar-refractivity contribution in [3.63, 3.8) is 0 Å². The Morgan fingerprint density at radius 1 is 1.27 bits per heavy atom. The maximum absolute atomic E-state index is 11.1. The van der Waals surface area contributed by atoms with Crippen molar-refractivity contribution in [1.82, 2.24) is 14.9 Å². The number of pyridine rings is 2. The Bertz CT molecular complexity index is 706. The van der Waals surface area contributed by atoms with Crippen LogP contribution < -0.4 is 9.47 Å². The Balaban J connectivity index is 1.78. The summed E-state index contributed by atoms with van der Waals surface area (Å²) in [6.07, 6.45) is -0.462. The Labute approximate surface area is 127 Å². The van der Waals surface area contributed by atoms with Gasteiger partial charge in [-0.3, -0.25) is 0 Å². The predicted octanol–water partition coefficient (Wildman–Crippen LogP) is 2.16. The van der Waals surface area contributed by atoms with Crippen LogP contribution in [-0.4, -0.2) is 51.9 Å². The van der Waals surface area contributed by atoms with E-state index in [1.165, 1.54) is 4.90 Å². The SMILES string of the molecule is COc1ccc2ccc(O[C@@H]3C[C@H](C)N(C(=O)O)C3)nc2n1. The van der Waals surface area contributed by atoms with Crippen LogP contribution in [0.3, 0.4) is 0 Å². The molecule has 7 nitrogen and oxygen atoms in total. The summed E-state index contributed by atoms with van der Waals surface area (Å²) < 4.78 is 10.9. The second kappa shape index (κ2) is 5.67. The number of rotatable bonds is 3. The van der Waals surface area contributed by atoms with E-state index in [4.69, 9.17) is 14.6 Å². The number of carbonyl (C=O) groups is 1. The van der Waals surface area contributed by atoms with Crippen LogP contribution in [-0.2, 0) is 0 Å². The molecule has 0 saturated carbocycles. The highest BCUT2D eigenvalue weighted by atomic mass is 16.5. The van der Waals surface area contributed by atoms with Crippen molar-refractivity contribution in [1.29, 1.82) is 0 Å². The summed E-state index contributed by atoms with van der Waals surface area (Å²) in [5.41, 5.74) is 0.540. The van der Waals surface area contributed by atoms with E-state index in [2.05, 4.69) is 9.97 Å². The van der Waals surface area contributed by atoms with E-state index in [9.17, 15) is 4.79 Å². The van der Waals surface area contributed by atoms with Crippen LogP contribution in [0.25, 0.3) is 11.0 Å². The summed E-state index contributed by atoms with van der Waals surface area (Å²) in [6, 6.07) is 7.23. The molecule has 1 amide bonds. The Hall–Kier alpha value is -2.57. The lowest BCUT2D eigenvalue weighted by Crippen LogP contribution is -2.33. The van der Waals surface area contributed by atoms with E-state index in [0.29, 0.717) is 30.4 Å². The van der Waals surface area contributed by atoms with Gasteiger partial charge >= 0.3 is 6.09 Å². The average Bonchev–Trinajstić information content (AvgIpc) is 2.87. The first kappa shape index (κ1) is 14.4. The molecule has 2 aromatic heterocycles. The van der Waals surface area contributed by atoms with Crippen molar-refractivity contribution in [2.24, 2.45) is 0 Å². The summed E-state index contributed by atoms with van der Waals surface area (Å²) in [4.78, 5) is 21.1. The van der Waals surface area contributed by atoms with Crippen molar-refractivity contribution < 1.29 is 19.4 Å². The number of nitrogens with zero attached hydrogens (tertiary/aromatic N) is 3. The molecule has 7 heteroatoms. The van der Waals surface area contributed by atoms with Gasteiger partial charge in [0, 0.05) is 30.0 Å². The number of hydrogen-bond acceptors (Lipinski definition) is 5. The third-order valence-corrected chi connectivity index (χ3v) is 3.78. The smallest absolute Gasteiger partial charge is 0.407 e. The predicted molar refractivity (Wildman–Crippen MR) is 79.3 cm³/mol. The zero-order valence-corrected chi connectivity index (χ0v) is 12.4. The van der Waals surface area contributed by atoms with Gasteiger partial charge in [0.05, 0.1) is 13.7 Å². The van der Waals surface area contributed by atoms with Crippen LogP contribution in [0.5, 0.6) is 11.8 Å². The Kier molecular flexibility index (Phi) is 3.70. The van der Waals surface area contributed by atoms with Crippen molar-refractivity contribution in [3.05, 3.63) is 24.3 Å². The second-order valence-electron chi connectivity index (χ2n) is 5.31. The molecule has 3 rings (SSSR count). The third kappa shape index (κ3) is 2.74. The van der Waals surface area contributed by atoms with E-state index >= 15 is 0 Å². The molecule has 116 valence electrons. The number of hydrogen-bond donors (Lipinski definition) is 1. The summed E-state index contributed by atoms with van der Waals surface area (Å²) in [6.45, 7) is 2.22. The van der Waals surface area contributed by atoms with Crippen LogP contribution in [0, 0.1) is 0 Å². The molecule has 1 aliphatic heterocycles. The van der Waals surface area contributed by atoms with Gasteiger partial charge < -0.3 is 19.5 Å². The number of fused-ring (bicyclic) bond motifs is 1. The number of ether oxygens (including phenoxy) is 2. The first-order chi connectivity index (χ1) is 10.6. The highest BCUT2D eigenvalue weighted by molar-refractivity contribution is 5.75. The molecule has 0 spiro atoms. The molecule has 1 N–H and O–H groups in total. The molecule has 1 saturated heterocycles. The van der Waals surface area contributed by atoms with Gasteiger partial charge in [-0.1, -0.05) is 0 Å². The highest BCUT2D eigenvalue weighted by Crippen LogP contribution is 2.24. The second-order valence-corrected chi connectivity index (χ2v) is 5.31. The molecule has 1 fully saturated rings. The maximum Gasteiger partial charge on any atom is 0.407 e. The normalized spacial score (nSPS) is 21.1. The van der Waals surface area contributed by atoms with Gasteiger partial charge in [0.15, 0.2) is 5.65 Å². The average molecular weight is 303 g/mol. The Morgan fingerprint density at radius 2 is 1.95 bits per heavy atom. The fraction of sp³-hybridized carbons (Fsp3) is 0.400. The van der Waals surface area contributed by atoms with E-state index in [1.54, 1.807) is 19.2 Å². The van der Waals surface area contributed by atoms with E-state index in [0.717, 1.165) is 5.39 Å². The molecule has 22 heavy (non-hydrogen) atoms. The summed E-state index contributed by atoms with van der Waals surface area (Å²) in [5, 5.41) is 9.99. The molecule has 0 aromatic carbocycles. The molecule has 0 radical (unpaired) electrons. The molecule has 0 bridgehead atoms. The first-order valence-electron chi connectivity index (χ1n) is 7.05. The van der Waals surface area contributed by atoms with E-state index < -0.39 is 6.09 Å². The summed E-state index contributed by atoms with van der Waals surface area (Å²) in [7, 11) is 1.55. The van der Waals surface area contributed by atoms with E-state index in [-0.39, 0.29) is 12.1 Å². The molecule has 3 heterocycles. The molecular weight excluding hydrogens is 286 g/mol. The minimum Gasteiger partial charge on any atom is -0.481 e. The fourth-order valence-electron chi connectivity index (χ4n) is 2.65. The van der Waals surface area contributed by atoms with Gasteiger partial charge in [-0.15, -0.1) is 0 Å². The fourth-order valence-corrected chi connectivity index (χ4v) is 2.65. The van der Waals surface area contributed by atoms with Crippen molar-refractivity contribution in [2.45, 2.75) is 25.5 Å². The third-order valence-electron chi connectivity index (χ3n) is 3.78. The van der Waals surface area contributed by atoms with Crippen LogP contribution in [0.4, 0.5) is 4.79 Å². The van der Waals surface area contributed by atoms with Crippen LogP contribution in [0.15, 0.2) is 24.3 Å². The Morgan fingerprint density at radius 3 is 2.59 bits per heavy atom. The number of carboxylic acid groups (broad SMARTS) is 1. The van der Waals surface area contributed by atoms with Gasteiger partial charge in [0.25, 0.3) is 0 Å². The molecule has 0 aliphatic carbocycles. The van der Waals surface area contributed by atoms with Crippen molar-refractivity contribution in [2.75, 3.05) is 13.7 Å². The van der Waals surface area contributed by atoms with Gasteiger partial charge in [-0.25, -0.2) is 4.79 Å². The van der Waals surface area contributed by atoms with Gasteiger partial charge in [0.1, 0.15) is 6.10 Å². The van der Waals surface area contributed by atoms with Crippen molar-refractivity contribution >= 4 is 17.1 Å². The van der Waals surface area contributed by atoms with Crippen LogP contribution >= 0.6 is 0 Å². The largest absolute Gasteiger partial charge is 0.481 e. The lowest BCUT2D eigenvalue weighted by atomic mass is 10.2. The zero-order chi connectivity index (χ0) is 15.7. The number of likely N-dealkylation sites (tertiary alicyclic amines) is 1. The summed E-state index contributed by atoms with van der Waals surface area (Å²) >= 11 is 0. The number of amides is 1. The summed E-state index contributed by atoms with van der Waals surface area (Å²) in [5.74, 6) is 0.932. The van der Waals surface area contributed by atoms with E-state index in [1.807, 2.05) is 19.1 Å². The minimum absolute atomic E-state index is 0.0545. The molecule has 2 aromatic rings. The highest BCUT2D eigenvalue weighted by Gasteiger charge is 2.33. The maximum atomic E-state index is 11.1. The monoisotopic (exact) mass is 303 g/mol. The lowest BCUT2D eigenvalue weighted by molar-refractivity contribution is 0.136. The zero-order valence-electron chi connectivity index (χ0n) is 12.4. The quantitative estimate of drug-likeness (QED) is 0.935. The number of aromatic nitrogens is 2. The standard InChI is InChI=1S/C15H17N3O4/c1-9-7-11(8-18(9)15(19)20)22-13-6-4-10-3-5-12(21-2)16-14(10)17-13/h3-6,9,11H,7-8H2,1-2H3,(H,19,20)/t9-,11+/m0/s1. The molecule has 0 unspecified atom stereocenters. The van der Waals surface area contributed by atoms with Gasteiger partial charge in [0.2, 0.25) is 11.8 Å². The molecule has 1 aliphatic rings. The minimum atomic E-state index is -0.920. The van der Waals surface area contributed by atoms with Crippen molar-refractivity contribution in [3.8, 4) is 11.8 Å². The molecule has 2 atom stereocenters. The number of methoxy groups -OCH3 is 1. The van der Waals surface area contributed by atoms with Crippen LogP contribution in [0.2, 0.25) is 0 Å². The first-order valence-corrected chi connectivity index (χ1v) is 7.05. The van der Waals surface area contributed by atoms with Gasteiger partial charge in [-0.05, 0) is 19.1 Å². The molecular formula is C15H17N3O4. The van der Waals surface area contributed by atoms with Crippen LogP contribution in [0.1, 0.15) is 13.3 Å².